The average Bonchev–Trinajstić information content (AvgIpc) is 2.69. The van der Waals surface area contributed by atoms with Crippen molar-refractivity contribution >= 4 is 17.5 Å². The molecule has 0 bridgehead atoms. The van der Waals surface area contributed by atoms with E-state index in [4.69, 9.17) is 11.6 Å². The van der Waals surface area contributed by atoms with E-state index >= 15 is 0 Å². The van der Waals surface area contributed by atoms with Crippen molar-refractivity contribution in [3.63, 3.8) is 0 Å². The number of rotatable bonds is 3. The van der Waals surface area contributed by atoms with Crippen LogP contribution in [0.15, 0.2) is 24.3 Å². The Balaban J connectivity index is 2.19. The Labute approximate surface area is 129 Å². The van der Waals surface area contributed by atoms with Crippen LogP contribution < -0.4 is 5.32 Å². The van der Waals surface area contributed by atoms with E-state index in [2.05, 4.69) is 10.4 Å². The highest BCUT2D eigenvalue weighted by Crippen LogP contribution is 2.31. The SMILES string of the molecule is Cc1nn(C)c(C(=O)NCc2ccccc2C(F)(F)F)c1Cl. The number of nitrogens with one attached hydrogen (secondary N) is 1. The summed E-state index contributed by atoms with van der Waals surface area (Å²) in [7, 11) is 1.54. The molecule has 0 aliphatic rings. The lowest BCUT2D eigenvalue weighted by Crippen LogP contribution is -2.26. The largest absolute Gasteiger partial charge is 0.416 e. The van der Waals surface area contributed by atoms with Gasteiger partial charge in [0.25, 0.3) is 5.91 Å². The maximum absolute atomic E-state index is 12.9. The normalized spacial score (nSPS) is 11.5. The molecule has 22 heavy (non-hydrogen) atoms. The molecule has 0 atom stereocenters. The molecule has 8 heteroatoms. The van der Waals surface area contributed by atoms with Gasteiger partial charge in [-0.2, -0.15) is 18.3 Å². The zero-order valence-electron chi connectivity index (χ0n) is 11.8. The van der Waals surface area contributed by atoms with Crippen LogP contribution in [0.4, 0.5) is 13.2 Å². The summed E-state index contributed by atoms with van der Waals surface area (Å²) in [6.45, 7) is 1.38. The standard InChI is InChI=1S/C14H13ClF3N3O/c1-8-11(15)12(21(2)20-8)13(22)19-7-9-5-3-4-6-10(9)14(16,17)18/h3-6H,7H2,1-2H3,(H,19,22). The number of aryl methyl sites for hydroxylation is 2. The molecule has 0 saturated heterocycles. The van der Waals surface area contributed by atoms with Gasteiger partial charge in [0.1, 0.15) is 5.69 Å². The Kier molecular flexibility index (Phi) is 4.46. The second kappa shape index (κ2) is 6.00. The van der Waals surface area contributed by atoms with Crippen LogP contribution in [0.3, 0.4) is 0 Å². The number of alkyl halides is 3. The molecular formula is C14H13ClF3N3O. The van der Waals surface area contributed by atoms with E-state index < -0.39 is 17.6 Å². The number of amides is 1. The summed E-state index contributed by atoms with van der Waals surface area (Å²) in [6.07, 6.45) is -4.47. The van der Waals surface area contributed by atoms with E-state index in [-0.39, 0.29) is 22.8 Å². The van der Waals surface area contributed by atoms with Crippen LogP contribution in [-0.4, -0.2) is 15.7 Å². The van der Waals surface area contributed by atoms with Gasteiger partial charge in [-0.3, -0.25) is 9.48 Å². The van der Waals surface area contributed by atoms with Crippen LogP contribution in [0, 0.1) is 6.92 Å². The van der Waals surface area contributed by atoms with Crippen molar-refractivity contribution in [3.8, 4) is 0 Å². The summed E-state index contributed by atoms with van der Waals surface area (Å²) in [5.41, 5.74) is -0.199. The van der Waals surface area contributed by atoms with Gasteiger partial charge in [-0.25, -0.2) is 0 Å². The predicted octanol–water partition coefficient (Wildman–Crippen LogP) is 3.33. The van der Waals surface area contributed by atoms with E-state index in [0.29, 0.717) is 5.69 Å². The minimum absolute atomic E-state index is 0.0154. The molecular weight excluding hydrogens is 319 g/mol. The van der Waals surface area contributed by atoms with Gasteiger partial charge in [0.15, 0.2) is 0 Å². The molecule has 1 aromatic heterocycles. The van der Waals surface area contributed by atoms with Gasteiger partial charge in [-0.15, -0.1) is 0 Å². The molecule has 0 radical (unpaired) electrons. The monoisotopic (exact) mass is 331 g/mol. The molecule has 0 aliphatic carbocycles. The van der Waals surface area contributed by atoms with Crippen LogP contribution >= 0.6 is 11.6 Å². The van der Waals surface area contributed by atoms with Crippen molar-refractivity contribution in [2.75, 3.05) is 0 Å². The Bertz CT molecular complexity index is 710. The highest BCUT2D eigenvalue weighted by Gasteiger charge is 2.33. The molecule has 0 unspecified atom stereocenters. The van der Waals surface area contributed by atoms with Crippen LogP contribution in [0.2, 0.25) is 5.02 Å². The van der Waals surface area contributed by atoms with Crippen molar-refractivity contribution in [1.29, 1.82) is 0 Å². The van der Waals surface area contributed by atoms with Gasteiger partial charge < -0.3 is 5.32 Å². The molecule has 118 valence electrons. The Hall–Kier alpha value is -2.02. The summed E-state index contributed by atoms with van der Waals surface area (Å²) < 4.78 is 39.9. The summed E-state index contributed by atoms with van der Waals surface area (Å²) in [4.78, 5) is 12.1. The van der Waals surface area contributed by atoms with Crippen LogP contribution in [0.25, 0.3) is 0 Å². The molecule has 0 aliphatic heterocycles. The van der Waals surface area contributed by atoms with Crippen molar-refractivity contribution in [2.24, 2.45) is 7.05 Å². The smallest absolute Gasteiger partial charge is 0.347 e. The molecule has 0 spiro atoms. The molecule has 4 nitrogen and oxygen atoms in total. The van der Waals surface area contributed by atoms with Crippen molar-refractivity contribution in [2.45, 2.75) is 19.6 Å². The van der Waals surface area contributed by atoms with Gasteiger partial charge in [-0.05, 0) is 18.6 Å². The van der Waals surface area contributed by atoms with Gasteiger partial charge in [0.2, 0.25) is 0 Å². The second-order valence-corrected chi connectivity index (χ2v) is 5.09. The van der Waals surface area contributed by atoms with Crippen LogP contribution in [0.1, 0.15) is 27.3 Å². The first-order chi connectivity index (χ1) is 10.2. The lowest BCUT2D eigenvalue weighted by Gasteiger charge is -2.13. The first-order valence-electron chi connectivity index (χ1n) is 6.34. The maximum atomic E-state index is 12.9. The van der Waals surface area contributed by atoms with E-state index in [9.17, 15) is 18.0 Å². The third-order valence-corrected chi connectivity index (χ3v) is 3.58. The van der Waals surface area contributed by atoms with Crippen molar-refractivity contribution in [3.05, 3.63) is 51.8 Å². The predicted molar refractivity (Wildman–Crippen MR) is 75.6 cm³/mol. The highest BCUT2D eigenvalue weighted by molar-refractivity contribution is 6.34. The molecule has 0 fully saturated rings. The van der Waals surface area contributed by atoms with Crippen molar-refractivity contribution < 1.29 is 18.0 Å². The van der Waals surface area contributed by atoms with E-state index in [1.54, 1.807) is 6.92 Å². The molecule has 2 rings (SSSR count). The number of hydrogen-bond donors (Lipinski definition) is 1. The zero-order chi connectivity index (χ0) is 16.5. The van der Waals surface area contributed by atoms with Crippen molar-refractivity contribution in [1.82, 2.24) is 15.1 Å². The molecule has 0 saturated carbocycles. The molecule has 1 N–H and O–H groups in total. The molecule has 1 amide bonds. The fourth-order valence-electron chi connectivity index (χ4n) is 2.09. The third-order valence-electron chi connectivity index (χ3n) is 3.13. The Morgan fingerprint density at radius 2 is 2.00 bits per heavy atom. The molecule has 1 aromatic carbocycles. The Morgan fingerprint density at radius 3 is 2.55 bits per heavy atom. The minimum atomic E-state index is -4.47. The number of halogens is 4. The number of aromatic nitrogens is 2. The first-order valence-corrected chi connectivity index (χ1v) is 6.72. The first kappa shape index (κ1) is 16.4. The number of nitrogens with zero attached hydrogens (tertiary/aromatic N) is 2. The average molecular weight is 332 g/mol. The van der Waals surface area contributed by atoms with Crippen LogP contribution in [0.5, 0.6) is 0 Å². The summed E-state index contributed by atoms with van der Waals surface area (Å²) in [5, 5.41) is 6.61. The number of carbonyl (C=O) groups excluding carboxylic acids is 1. The van der Waals surface area contributed by atoms with Gasteiger partial charge >= 0.3 is 6.18 Å². The number of hydrogen-bond acceptors (Lipinski definition) is 2. The minimum Gasteiger partial charge on any atom is -0.347 e. The molecule has 2 aromatic rings. The second-order valence-electron chi connectivity index (χ2n) is 4.71. The Morgan fingerprint density at radius 1 is 1.36 bits per heavy atom. The summed E-state index contributed by atoms with van der Waals surface area (Å²) in [6, 6.07) is 5.08. The zero-order valence-corrected chi connectivity index (χ0v) is 12.6. The van der Waals surface area contributed by atoms with E-state index in [1.165, 1.54) is 29.9 Å². The fourth-order valence-corrected chi connectivity index (χ4v) is 2.34. The van der Waals surface area contributed by atoms with E-state index in [1.807, 2.05) is 0 Å². The summed E-state index contributed by atoms with van der Waals surface area (Å²) >= 11 is 5.97. The fraction of sp³-hybridized carbons (Fsp3) is 0.286. The lowest BCUT2D eigenvalue weighted by molar-refractivity contribution is -0.138. The lowest BCUT2D eigenvalue weighted by atomic mass is 10.1. The number of carbonyl (C=O) groups is 1. The third kappa shape index (κ3) is 3.24. The number of benzene rings is 1. The molecule has 1 heterocycles. The van der Waals surface area contributed by atoms with Gasteiger partial charge in [0, 0.05) is 13.6 Å². The maximum Gasteiger partial charge on any atom is 0.416 e. The topological polar surface area (TPSA) is 46.9 Å². The van der Waals surface area contributed by atoms with Gasteiger partial charge in [0.05, 0.1) is 16.3 Å². The van der Waals surface area contributed by atoms with Gasteiger partial charge in [-0.1, -0.05) is 29.8 Å². The highest BCUT2D eigenvalue weighted by atomic mass is 35.5. The summed E-state index contributed by atoms with van der Waals surface area (Å²) in [5.74, 6) is -0.579. The van der Waals surface area contributed by atoms with E-state index in [0.717, 1.165) is 6.07 Å². The van der Waals surface area contributed by atoms with Crippen LogP contribution in [-0.2, 0) is 19.8 Å². The quantitative estimate of drug-likeness (QED) is 0.937.